The van der Waals surface area contributed by atoms with Gasteiger partial charge >= 0.3 is 18.2 Å². The molecule has 1 unspecified atom stereocenters. The minimum Gasteiger partial charge on any atom is -0.488 e. The van der Waals surface area contributed by atoms with Crippen LogP contribution < -0.4 is 20.1 Å². The number of ether oxygens (including phenoxy) is 3. The van der Waals surface area contributed by atoms with Gasteiger partial charge in [-0.15, -0.1) is 0 Å². The van der Waals surface area contributed by atoms with Crippen LogP contribution in [0.3, 0.4) is 0 Å². The third-order valence-electron chi connectivity index (χ3n) is 8.89. The Morgan fingerprint density at radius 2 is 1.82 bits per heavy atom. The van der Waals surface area contributed by atoms with E-state index in [1.165, 1.54) is 0 Å². The molecule has 1 saturated carbocycles. The van der Waals surface area contributed by atoms with E-state index in [-0.39, 0.29) is 31.2 Å². The third kappa shape index (κ3) is 7.92. The molecule has 2 aliphatic rings. The number of nitrogens with one attached hydrogen (secondary N) is 2. The molecule has 3 amide bonds. The van der Waals surface area contributed by atoms with Gasteiger partial charge in [-0.1, -0.05) is 51.8 Å². The van der Waals surface area contributed by atoms with Crippen molar-refractivity contribution in [3.05, 3.63) is 29.3 Å². The highest BCUT2D eigenvalue weighted by Crippen LogP contribution is 2.46. The topological polar surface area (TPSA) is 156 Å². The van der Waals surface area contributed by atoms with E-state index in [2.05, 4.69) is 20.4 Å². The molecule has 1 aromatic carbocycles. The third-order valence-corrected chi connectivity index (χ3v) is 9.20. The molecule has 1 saturated heterocycles. The van der Waals surface area contributed by atoms with Crippen molar-refractivity contribution in [2.45, 2.75) is 103 Å². The Morgan fingerprint density at radius 1 is 1.14 bits per heavy atom. The van der Waals surface area contributed by atoms with Crippen LogP contribution in [0.2, 0.25) is 5.02 Å². The molecule has 1 aromatic heterocycles. The van der Waals surface area contributed by atoms with E-state index in [1.54, 1.807) is 58.9 Å². The fraction of sp³-hybridized carbons (Fsp3) is 0.606. The van der Waals surface area contributed by atoms with Crippen molar-refractivity contribution in [1.82, 2.24) is 20.5 Å². The summed E-state index contributed by atoms with van der Waals surface area (Å²) in [5.41, 5.74) is -5.04. The van der Waals surface area contributed by atoms with Gasteiger partial charge in [-0.2, -0.15) is 13.2 Å². The van der Waals surface area contributed by atoms with Gasteiger partial charge in [0, 0.05) is 17.9 Å². The second-order valence-electron chi connectivity index (χ2n) is 13.9. The molecule has 0 spiro atoms. The number of para-hydroxylation sites is 1. The number of fused-ring (bicyclic) bond motifs is 1. The number of hydrogen-bond donors (Lipinski definition) is 3. The number of amides is 3. The molecular weight excluding hydrogens is 673 g/mol. The Morgan fingerprint density at radius 3 is 2.37 bits per heavy atom. The Hall–Kier alpha value is -4.01. The van der Waals surface area contributed by atoms with Crippen LogP contribution in [0.25, 0.3) is 10.9 Å². The van der Waals surface area contributed by atoms with Crippen molar-refractivity contribution in [2.24, 2.45) is 11.3 Å². The number of carboxylic acids is 1. The van der Waals surface area contributed by atoms with Crippen LogP contribution in [0.1, 0.15) is 67.7 Å². The molecule has 2 aromatic rings. The summed E-state index contributed by atoms with van der Waals surface area (Å²) in [7, 11) is 0. The highest BCUT2D eigenvalue weighted by atomic mass is 35.5. The monoisotopic (exact) mass is 714 g/mol. The number of aromatic nitrogens is 1. The van der Waals surface area contributed by atoms with Gasteiger partial charge in [-0.25, -0.2) is 14.6 Å². The minimum atomic E-state index is -4.89. The van der Waals surface area contributed by atoms with Crippen molar-refractivity contribution >= 4 is 46.4 Å². The van der Waals surface area contributed by atoms with Gasteiger partial charge < -0.3 is 34.9 Å². The van der Waals surface area contributed by atoms with Gasteiger partial charge in [-0.05, 0) is 50.7 Å². The van der Waals surface area contributed by atoms with Gasteiger partial charge in [0.1, 0.15) is 29.5 Å². The molecular formula is C33H42ClF3N4O8. The quantitative estimate of drug-likeness (QED) is 0.274. The number of alkyl carbamates (subject to hydrolysis) is 1. The van der Waals surface area contributed by atoms with E-state index in [9.17, 15) is 37.5 Å². The summed E-state index contributed by atoms with van der Waals surface area (Å²) >= 11 is 6.41. The summed E-state index contributed by atoms with van der Waals surface area (Å²) in [6.45, 7) is 9.78. The zero-order chi connectivity index (χ0) is 36.7. The number of benzene rings is 1. The number of carbonyl (C=O) groups is 4. The summed E-state index contributed by atoms with van der Waals surface area (Å²) in [5, 5.41) is 15.7. The van der Waals surface area contributed by atoms with Crippen molar-refractivity contribution in [2.75, 3.05) is 13.2 Å². The number of carbonyl (C=O) groups excluding carboxylic acids is 3. The van der Waals surface area contributed by atoms with Crippen molar-refractivity contribution < 1.29 is 51.7 Å². The number of pyridine rings is 1. The van der Waals surface area contributed by atoms with Crippen LogP contribution in [-0.4, -0.2) is 87.5 Å². The van der Waals surface area contributed by atoms with Crippen LogP contribution in [-0.2, 0) is 19.1 Å². The second kappa shape index (κ2) is 13.7. The lowest BCUT2D eigenvalue weighted by Gasteiger charge is -2.36. The maximum Gasteiger partial charge on any atom is 0.427 e. The minimum absolute atomic E-state index is 0.0825. The lowest BCUT2D eigenvalue weighted by atomic mass is 9.85. The van der Waals surface area contributed by atoms with Gasteiger partial charge in [0.25, 0.3) is 0 Å². The fourth-order valence-electron chi connectivity index (χ4n) is 5.88. The molecule has 0 radical (unpaired) electrons. The van der Waals surface area contributed by atoms with E-state index in [0.717, 1.165) is 4.90 Å². The average molecular weight is 715 g/mol. The maximum atomic E-state index is 14.3. The molecule has 12 nitrogen and oxygen atoms in total. The number of rotatable bonds is 11. The maximum absolute atomic E-state index is 14.3. The molecule has 1 aliphatic heterocycles. The first-order valence-corrected chi connectivity index (χ1v) is 16.3. The normalized spacial score (nSPS) is 23.1. The number of alkyl halides is 3. The summed E-state index contributed by atoms with van der Waals surface area (Å²) in [6, 6.07) is 3.90. The van der Waals surface area contributed by atoms with Crippen LogP contribution >= 0.6 is 11.6 Å². The number of carboxylic acid groups (broad SMARTS) is 1. The van der Waals surface area contributed by atoms with Crippen LogP contribution in [0.15, 0.2) is 24.3 Å². The fourth-order valence-corrected chi connectivity index (χ4v) is 6.10. The predicted molar refractivity (Wildman–Crippen MR) is 172 cm³/mol. The molecule has 4 rings (SSSR count). The molecule has 270 valence electrons. The van der Waals surface area contributed by atoms with Gasteiger partial charge in [0.05, 0.1) is 23.7 Å². The highest BCUT2D eigenvalue weighted by molar-refractivity contribution is 6.35. The Kier molecular flexibility index (Phi) is 10.6. The summed E-state index contributed by atoms with van der Waals surface area (Å²) in [4.78, 5) is 58.7. The average Bonchev–Trinajstić information content (AvgIpc) is 3.54. The SMILES string of the molecule is CCOc1cc(O[C@@H]2C[C@@H](C(=O)N[C@]3(C(=O)O)CC3CC)N(C(=O)[C@@H](NC(=O)OC(C)(C)C(F)(F)F)C(C)(C)C)C2)c2cccc(Cl)c2n1. The van der Waals surface area contributed by atoms with E-state index in [0.29, 0.717) is 48.6 Å². The predicted octanol–water partition coefficient (Wildman–Crippen LogP) is 5.49. The van der Waals surface area contributed by atoms with E-state index in [1.807, 2.05) is 0 Å². The smallest absolute Gasteiger partial charge is 0.427 e. The number of hydrogen-bond acceptors (Lipinski definition) is 8. The van der Waals surface area contributed by atoms with Gasteiger partial charge in [0.2, 0.25) is 23.3 Å². The molecule has 3 N–H and O–H groups in total. The summed E-state index contributed by atoms with van der Waals surface area (Å²) in [6.07, 6.45) is -6.59. The van der Waals surface area contributed by atoms with Gasteiger partial charge in [0.15, 0.2) is 0 Å². The van der Waals surface area contributed by atoms with Crippen molar-refractivity contribution in [1.29, 1.82) is 0 Å². The first kappa shape index (κ1) is 37.8. The van der Waals surface area contributed by atoms with Crippen LogP contribution in [0.4, 0.5) is 18.0 Å². The first-order valence-electron chi connectivity index (χ1n) is 16.0. The number of halogens is 4. The molecule has 2 fully saturated rings. The van der Waals surface area contributed by atoms with Crippen molar-refractivity contribution in [3.63, 3.8) is 0 Å². The van der Waals surface area contributed by atoms with E-state index in [4.69, 9.17) is 21.1 Å². The molecule has 16 heteroatoms. The molecule has 1 aliphatic carbocycles. The van der Waals surface area contributed by atoms with Crippen molar-refractivity contribution in [3.8, 4) is 11.6 Å². The molecule has 0 bridgehead atoms. The lowest BCUT2D eigenvalue weighted by molar-refractivity contribution is -0.244. The Labute approximate surface area is 287 Å². The highest BCUT2D eigenvalue weighted by Gasteiger charge is 2.61. The first-order chi connectivity index (χ1) is 22.6. The standard InChI is InChI=1S/C33H42ClF3N4O8/c1-8-17-15-32(17,28(44)45)40-26(42)21-13-18(48-22-14-23(47-9-2)38-24-19(22)11-10-12-20(24)34)16-41(21)27(43)25(30(3,4)5)39-29(46)49-31(6,7)33(35,36)37/h10-12,14,17-18,21,25H,8-9,13,15-16H2,1-7H3,(H,39,46)(H,40,42)(H,44,45)/t17?,18-,21+,25-,32-/m1/s1. The second-order valence-corrected chi connectivity index (χ2v) is 14.3. The molecule has 5 atom stereocenters. The van der Waals surface area contributed by atoms with Gasteiger partial charge in [-0.3, -0.25) is 9.59 Å². The molecule has 2 heterocycles. The number of nitrogens with zero attached hydrogens (tertiary/aromatic N) is 2. The number of aliphatic carboxylic acids is 1. The molecule has 49 heavy (non-hydrogen) atoms. The van der Waals surface area contributed by atoms with E-state index < -0.39 is 64.8 Å². The summed E-state index contributed by atoms with van der Waals surface area (Å²) in [5.74, 6) is -2.54. The number of likely N-dealkylation sites (tertiary alicyclic amines) is 1. The lowest BCUT2D eigenvalue weighted by Crippen LogP contribution is -2.60. The van der Waals surface area contributed by atoms with Crippen LogP contribution in [0, 0.1) is 11.3 Å². The largest absolute Gasteiger partial charge is 0.488 e. The zero-order valence-corrected chi connectivity index (χ0v) is 29.1. The Bertz CT molecular complexity index is 1610. The van der Waals surface area contributed by atoms with Crippen LogP contribution in [0.5, 0.6) is 11.6 Å². The Balaban J connectivity index is 1.68. The van der Waals surface area contributed by atoms with E-state index >= 15 is 0 Å². The zero-order valence-electron chi connectivity index (χ0n) is 28.4. The summed E-state index contributed by atoms with van der Waals surface area (Å²) < 4.78 is 57.1.